The van der Waals surface area contributed by atoms with Crippen LogP contribution in [0, 0.1) is 0 Å². The summed E-state index contributed by atoms with van der Waals surface area (Å²) in [7, 11) is 1.29. The number of aliphatic hydroxyl groups is 1. The molecular weight excluding hydrogens is 224 g/mol. The Morgan fingerprint density at radius 1 is 1.65 bits per heavy atom. The number of carbonyl (C=O) groups excluding carboxylic acids is 1. The molecule has 0 saturated carbocycles. The fourth-order valence-corrected chi connectivity index (χ4v) is 1.46. The van der Waals surface area contributed by atoms with Crippen LogP contribution in [0.1, 0.15) is 30.8 Å². The number of aromatic nitrogens is 2. The van der Waals surface area contributed by atoms with Crippen molar-refractivity contribution >= 4 is 5.97 Å². The van der Waals surface area contributed by atoms with Crippen LogP contribution in [0.25, 0.3) is 0 Å². The standard InChI is InChI=1S/C11H18N2O4/c1-4-17-6-5-11(2,15)13-8-12-7-9(13)10(14)16-3/h7-8,15H,4-6H2,1-3H3. The Kier molecular flexibility index (Phi) is 4.65. The van der Waals surface area contributed by atoms with E-state index < -0.39 is 11.7 Å². The van der Waals surface area contributed by atoms with Crippen LogP contribution in [-0.2, 0) is 15.2 Å². The monoisotopic (exact) mass is 242 g/mol. The molecule has 1 aromatic rings. The van der Waals surface area contributed by atoms with E-state index in [-0.39, 0.29) is 5.69 Å². The summed E-state index contributed by atoms with van der Waals surface area (Å²) >= 11 is 0. The van der Waals surface area contributed by atoms with Gasteiger partial charge in [0.2, 0.25) is 0 Å². The lowest BCUT2D eigenvalue weighted by molar-refractivity contribution is -0.0498. The van der Waals surface area contributed by atoms with E-state index in [4.69, 9.17) is 4.74 Å². The van der Waals surface area contributed by atoms with Gasteiger partial charge >= 0.3 is 5.97 Å². The molecule has 6 heteroatoms. The van der Waals surface area contributed by atoms with Crippen LogP contribution in [0.5, 0.6) is 0 Å². The average Bonchev–Trinajstić information content (AvgIpc) is 2.78. The van der Waals surface area contributed by atoms with Gasteiger partial charge in [0.25, 0.3) is 0 Å². The maximum absolute atomic E-state index is 11.4. The highest BCUT2D eigenvalue weighted by Crippen LogP contribution is 2.19. The first-order valence-corrected chi connectivity index (χ1v) is 5.44. The number of esters is 1. The molecule has 1 rings (SSSR count). The van der Waals surface area contributed by atoms with Crippen LogP contribution >= 0.6 is 0 Å². The summed E-state index contributed by atoms with van der Waals surface area (Å²) in [5.74, 6) is -0.529. The Hall–Kier alpha value is -1.40. The Morgan fingerprint density at radius 2 is 2.35 bits per heavy atom. The van der Waals surface area contributed by atoms with Gasteiger partial charge in [-0.25, -0.2) is 9.78 Å². The number of imidazole rings is 1. The molecule has 1 aromatic heterocycles. The largest absolute Gasteiger partial charge is 0.464 e. The molecule has 0 aliphatic heterocycles. The zero-order chi connectivity index (χ0) is 12.9. The fourth-order valence-electron chi connectivity index (χ4n) is 1.46. The van der Waals surface area contributed by atoms with Crippen molar-refractivity contribution in [2.24, 2.45) is 0 Å². The Bertz CT molecular complexity index is 373. The first kappa shape index (κ1) is 13.7. The van der Waals surface area contributed by atoms with Crippen molar-refractivity contribution in [1.29, 1.82) is 0 Å². The van der Waals surface area contributed by atoms with Crippen molar-refractivity contribution in [3.05, 3.63) is 18.2 Å². The molecule has 0 radical (unpaired) electrons. The summed E-state index contributed by atoms with van der Waals surface area (Å²) in [5.41, 5.74) is -1.01. The topological polar surface area (TPSA) is 73.6 Å². The second-order valence-corrected chi connectivity index (χ2v) is 3.80. The molecule has 0 aliphatic rings. The minimum Gasteiger partial charge on any atom is -0.464 e. The molecule has 1 heterocycles. The van der Waals surface area contributed by atoms with Crippen molar-refractivity contribution in [2.45, 2.75) is 26.0 Å². The number of hydrogen-bond donors (Lipinski definition) is 1. The van der Waals surface area contributed by atoms with E-state index in [0.29, 0.717) is 19.6 Å². The summed E-state index contributed by atoms with van der Waals surface area (Å²) in [6.45, 7) is 4.47. The van der Waals surface area contributed by atoms with Crippen molar-refractivity contribution in [1.82, 2.24) is 9.55 Å². The van der Waals surface area contributed by atoms with E-state index in [1.54, 1.807) is 6.92 Å². The normalized spacial score (nSPS) is 14.4. The predicted molar refractivity (Wildman–Crippen MR) is 60.5 cm³/mol. The zero-order valence-electron chi connectivity index (χ0n) is 10.3. The minimum absolute atomic E-state index is 0.217. The number of hydrogen-bond acceptors (Lipinski definition) is 5. The molecule has 1 N–H and O–H groups in total. The highest BCUT2D eigenvalue weighted by atomic mass is 16.5. The van der Waals surface area contributed by atoms with Gasteiger partial charge in [0, 0.05) is 13.0 Å². The molecule has 0 bridgehead atoms. The molecule has 1 atom stereocenters. The van der Waals surface area contributed by atoms with Gasteiger partial charge in [0.05, 0.1) is 26.2 Å². The van der Waals surface area contributed by atoms with Gasteiger partial charge in [0.1, 0.15) is 11.4 Å². The van der Waals surface area contributed by atoms with Gasteiger partial charge in [-0.1, -0.05) is 0 Å². The summed E-state index contributed by atoms with van der Waals surface area (Å²) in [6, 6.07) is 0. The average molecular weight is 242 g/mol. The maximum atomic E-state index is 11.4. The summed E-state index contributed by atoms with van der Waals surface area (Å²) in [6.07, 6.45) is 3.13. The Labute approximate surface area is 100 Å². The molecule has 0 aliphatic carbocycles. The van der Waals surface area contributed by atoms with Crippen LogP contribution in [0.15, 0.2) is 12.5 Å². The summed E-state index contributed by atoms with van der Waals surface area (Å²) in [5, 5.41) is 10.3. The number of nitrogens with zero attached hydrogens (tertiary/aromatic N) is 2. The minimum atomic E-state index is -1.23. The third kappa shape index (κ3) is 3.28. The van der Waals surface area contributed by atoms with E-state index in [2.05, 4.69) is 9.72 Å². The summed E-state index contributed by atoms with van der Waals surface area (Å²) in [4.78, 5) is 15.3. The first-order valence-electron chi connectivity index (χ1n) is 5.44. The van der Waals surface area contributed by atoms with Gasteiger partial charge in [0.15, 0.2) is 0 Å². The highest BCUT2D eigenvalue weighted by molar-refractivity contribution is 5.87. The number of methoxy groups -OCH3 is 1. The Balaban J connectivity index is 2.83. The third-order valence-electron chi connectivity index (χ3n) is 2.48. The van der Waals surface area contributed by atoms with Crippen molar-refractivity contribution < 1.29 is 19.4 Å². The number of carbonyl (C=O) groups is 1. The molecule has 0 fully saturated rings. The molecule has 0 amide bonds. The van der Waals surface area contributed by atoms with Crippen LogP contribution in [0.2, 0.25) is 0 Å². The lowest BCUT2D eigenvalue weighted by Crippen LogP contribution is -2.33. The third-order valence-corrected chi connectivity index (χ3v) is 2.48. The van der Waals surface area contributed by atoms with Gasteiger partial charge < -0.3 is 14.6 Å². The van der Waals surface area contributed by atoms with Crippen molar-refractivity contribution in [2.75, 3.05) is 20.3 Å². The predicted octanol–water partition coefficient (Wildman–Crippen LogP) is 0.761. The van der Waals surface area contributed by atoms with Crippen molar-refractivity contribution in [3.63, 3.8) is 0 Å². The Morgan fingerprint density at radius 3 is 2.94 bits per heavy atom. The lowest BCUT2D eigenvalue weighted by Gasteiger charge is -2.26. The van der Waals surface area contributed by atoms with E-state index in [1.165, 1.54) is 24.2 Å². The number of ether oxygens (including phenoxy) is 2. The van der Waals surface area contributed by atoms with Gasteiger partial charge in [-0.3, -0.25) is 4.57 Å². The van der Waals surface area contributed by atoms with Crippen molar-refractivity contribution in [3.8, 4) is 0 Å². The van der Waals surface area contributed by atoms with Crippen LogP contribution in [-0.4, -0.2) is 41.0 Å². The van der Waals surface area contributed by atoms with E-state index in [9.17, 15) is 9.90 Å². The van der Waals surface area contributed by atoms with E-state index in [0.717, 1.165) is 0 Å². The molecular formula is C11H18N2O4. The molecule has 6 nitrogen and oxygen atoms in total. The van der Waals surface area contributed by atoms with Crippen LogP contribution in [0.4, 0.5) is 0 Å². The molecule has 0 aromatic carbocycles. The first-order chi connectivity index (χ1) is 8.03. The molecule has 1 unspecified atom stereocenters. The zero-order valence-corrected chi connectivity index (χ0v) is 10.3. The SMILES string of the molecule is CCOCCC(C)(O)n1cncc1C(=O)OC. The van der Waals surface area contributed by atoms with Crippen LogP contribution in [0.3, 0.4) is 0 Å². The van der Waals surface area contributed by atoms with Gasteiger partial charge in [-0.15, -0.1) is 0 Å². The second kappa shape index (κ2) is 5.79. The van der Waals surface area contributed by atoms with Crippen LogP contribution < -0.4 is 0 Å². The van der Waals surface area contributed by atoms with E-state index in [1.807, 2.05) is 6.92 Å². The molecule has 0 spiro atoms. The molecule has 17 heavy (non-hydrogen) atoms. The van der Waals surface area contributed by atoms with Gasteiger partial charge in [-0.05, 0) is 13.8 Å². The fraction of sp³-hybridized carbons (Fsp3) is 0.636. The molecule has 0 saturated heterocycles. The smallest absolute Gasteiger partial charge is 0.356 e. The highest BCUT2D eigenvalue weighted by Gasteiger charge is 2.27. The van der Waals surface area contributed by atoms with E-state index >= 15 is 0 Å². The summed E-state index contributed by atoms with van der Waals surface area (Å²) < 4.78 is 11.2. The molecule has 96 valence electrons. The van der Waals surface area contributed by atoms with Gasteiger partial charge in [-0.2, -0.15) is 0 Å². The quantitative estimate of drug-likeness (QED) is 0.589. The lowest BCUT2D eigenvalue weighted by atomic mass is 10.1. The second-order valence-electron chi connectivity index (χ2n) is 3.80. The number of rotatable bonds is 6. The maximum Gasteiger partial charge on any atom is 0.356 e.